The van der Waals surface area contributed by atoms with Crippen molar-refractivity contribution in [3.8, 4) is 11.5 Å². The van der Waals surface area contributed by atoms with Crippen LogP contribution in [0.2, 0.25) is 0 Å². The third kappa shape index (κ3) is 8.40. The van der Waals surface area contributed by atoms with E-state index in [-0.39, 0.29) is 6.10 Å². The van der Waals surface area contributed by atoms with Gasteiger partial charge in [0.1, 0.15) is 5.69 Å². The number of H-pyrrole nitrogens is 1. The second-order valence-corrected chi connectivity index (χ2v) is 5.66. The Morgan fingerprint density at radius 1 is 1.35 bits per heavy atom. The predicted octanol–water partition coefficient (Wildman–Crippen LogP) is 0.786. The van der Waals surface area contributed by atoms with Gasteiger partial charge in [-0.05, 0) is 7.05 Å². The van der Waals surface area contributed by atoms with E-state index in [1.807, 2.05) is 12.4 Å². The summed E-state index contributed by atoms with van der Waals surface area (Å²) in [4.78, 5) is 31.8. The van der Waals surface area contributed by atoms with Crippen LogP contribution in [-0.4, -0.2) is 79.4 Å². The van der Waals surface area contributed by atoms with Gasteiger partial charge in [0.05, 0.1) is 31.8 Å². The van der Waals surface area contributed by atoms with Crippen LogP contribution in [0, 0.1) is 0 Å². The van der Waals surface area contributed by atoms with Gasteiger partial charge in [-0.1, -0.05) is 0 Å². The molecule has 1 unspecified atom stereocenters. The van der Waals surface area contributed by atoms with Gasteiger partial charge in [0.15, 0.2) is 5.82 Å². The fraction of sp³-hybridized carbons (Fsp3) is 0.500. The second kappa shape index (κ2) is 11.0. The molecule has 1 fully saturated rings. The molecule has 2 aromatic rings. The maximum atomic E-state index is 9.00. The van der Waals surface area contributed by atoms with Crippen molar-refractivity contribution in [3.63, 3.8) is 0 Å². The number of nitrogens with zero attached hydrogens (tertiary/aromatic N) is 4. The molecule has 0 aromatic carbocycles. The SMILES string of the molecule is CC(=O)O.CC(=O)O.CN1CCOC(Cn2ccnc2-c2cnc[nH]2)C1. The van der Waals surface area contributed by atoms with E-state index in [1.165, 1.54) is 0 Å². The third-order valence-electron chi connectivity index (χ3n) is 3.20. The molecule has 10 heteroatoms. The van der Waals surface area contributed by atoms with Crippen molar-refractivity contribution < 1.29 is 24.5 Å². The number of likely N-dealkylation sites (N-methyl/N-ethyl adjacent to an activating group) is 1. The van der Waals surface area contributed by atoms with Gasteiger partial charge < -0.3 is 29.4 Å². The van der Waals surface area contributed by atoms with Gasteiger partial charge in [-0.3, -0.25) is 9.59 Å². The standard InChI is InChI=1S/C12H17N5O.2C2H4O2/c1-16-4-5-18-10(7-16)8-17-3-2-14-12(17)11-6-13-9-15-11;2*1-2(3)4/h2-3,6,9-10H,4-5,7-8H2,1H3,(H,13,15);2*1H3,(H,3,4). The van der Waals surface area contributed by atoms with Crippen LogP contribution < -0.4 is 0 Å². The molecule has 3 heterocycles. The zero-order chi connectivity index (χ0) is 19.5. The summed E-state index contributed by atoms with van der Waals surface area (Å²) in [6.07, 6.45) is 7.46. The number of carbonyl (C=O) groups is 2. The molecule has 1 saturated heterocycles. The Bertz CT molecular complexity index is 650. The summed E-state index contributed by atoms with van der Waals surface area (Å²) >= 11 is 0. The topological polar surface area (TPSA) is 134 Å². The van der Waals surface area contributed by atoms with E-state index in [0.717, 1.165) is 51.6 Å². The molecule has 0 amide bonds. The number of ether oxygens (including phenoxy) is 1. The first-order valence-electron chi connectivity index (χ1n) is 7.98. The normalized spacial score (nSPS) is 16.7. The largest absolute Gasteiger partial charge is 0.481 e. The summed E-state index contributed by atoms with van der Waals surface area (Å²) in [5, 5.41) is 14.8. The van der Waals surface area contributed by atoms with E-state index < -0.39 is 11.9 Å². The van der Waals surface area contributed by atoms with Crippen molar-refractivity contribution in [2.24, 2.45) is 0 Å². The number of hydrogen-bond donors (Lipinski definition) is 3. The maximum Gasteiger partial charge on any atom is 0.300 e. The average Bonchev–Trinajstić information content (AvgIpc) is 3.16. The van der Waals surface area contributed by atoms with Crippen molar-refractivity contribution in [2.45, 2.75) is 26.5 Å². The summed E-state index contributed by atoms with van der Waals surface area (Å²) in [7, 11) is 2.12. The van der Waals surface area contributed by atoms with Gasteiger partial charge in [-0.2, -0.15) is 0 Å². The first-order valence-corrected chi connectivity index (χ1v) is 7.98. The number of aliphatic carboxylic acids is 2. The zero-order valence-corrected chi connectivity index (χ0v) is 15.1. The molecule has 0 spiro atoms. The van der Waals surface area contributed by atoms with Crippen molar-refractivity contribution >= 4 is 11.9 Å². The van der Waals surface area contributed by atoms with E-state index in [2.05, 4.69) is 31.5 Å². The molecule has 0 radical (unpaired) electrons. The maximum absolute atomic E-state index is 9.00. The van der Waals surface area contributed by atoms with Crippen LogP contribution in [0.3, 0.4) is 0 Å². The molecule has 0 aliphatic carbocycles. The minimum atomic E-state index is -0.833. The lowest BCUT2D eigenvalue weighted by molar-refractivity contribution is -0.135. The number of imidazole rings is 2. The molecule has 1 aliphatic heterocycles. The van der Waals surface area contributed by atoms with E-state index in [4.69, 9.17) is 24.5 Å². The van der Waals surface area contributed by atoms with Crippen LogP contribution in [0.15, 0.2) is 24.9 Å². The van der Waals surface area contributed by atoms with E-state index in [1.54, 1.807) is 12.5 Å². The Morgan fingerprint density at radius 2 is 2.00 bits per heavy atom. The first kappa shape index (κ1) is 21.3. The summed E-state index contributed by atoms with van der Waals surface area (Å²) in [6, 6.07) is 0. The van der Waals surface area contributed by atoms with E-state index in [0.29, 0.717) is 0 Å². The van der Waals surface area contributed by atoms with Gasteiger partial charge >= 0.3 is 0 Å². The Balaban J connectivity index is 0.000000360. The summed E-state index contributed by atoms with van der Waals surface area (Å²) in [5.74, 6) is -0.760. The summed E-state index contributed by atoms with van der Waals surface area (Å²) in [6.45, 7) is 5.75. The highest BCUT2D eigenvalue weighted by atomic mass is 16.5. The zero-order valence-electron chi connectivity index (χ0n) is 15.1. The van der Waals surface area contributed by atoms with Crippen LogP contribution >= 0.6 is 0 Å². The van der Waals surface area contributed by atoms with Gasteiger partial charge in [-0.15, -0.1) is 0 Å². The van der Waals surface area contributed by atoms with Gasteiger partial charge in [-0.25, -0.2) is 9.97 Å². The Morgan fingerprint density at radius 3 is 2.54 bits per heavy atom. The number of aromatic nitrogens is 4. The highest BCUT2D eigenvalue weighted by molar-refractivity contribution is 5.63. The van der Waals surface area contributed by atoms with Crippen LogP contribution in [0.4, 0.5) is 0 Å². The molecule has 1 atom stereocenters. The van der Waals surface area contributed by atoms with Gasteiger partial charge in [0.2, 0.25) is 0 Å². The lowest BCUT2D eigenvalue weighted by Crippen LogP contribution is -2.41. The first-order chi connectivity index (χ1) is 12.3. The van der Waals surface area contributed by atoms with E-state index in [9.17, 15) is 0 Å². The fourth-order valence-corrected chi connectivity index (χ4v) is 2.28. The number of rotatable bonds is 3. The van der Waals surface area contributed by atoms with E-state index >= 15 is 0 Å². The molecule has 2 aromatic heterocycles. The van der Waals surface area contributed by atoms with Crippen LogP contribution in [0.5, 0.6) is 0 Å². The predicted molar refractivity (Wildman–Crippen MR) is 93.7 cm³/mol. The van der Waals surface area contributed by atoms with Crippen molar-refractivity contribution in [2.75, 3.05) is 26.7 Å². The second-order valence-electron chi connectivity index (χ2n) is 5.66. The Kier molecular flexibility index (Phi) is 9.02. The lowest BCUT2D eigenvalue weighted by Gasteiger charge is -2.30. The molecule has 1 aliphatic rings. The monoisotopic (exact) mass is 367 g/mol. The molecule has 26 heavy (non-hydrogen) atoms. The summed E-state index contributed by atoms with van der Waals surface area (Å²) < 4.78 is 7.89. The minimum Gasteiger partial charge on any atom is -0.481 e. The smallest absolute Gasteiger partial charge is 0.300 e. The van der Waals surface area contributed by atoms with Gasteiger partial charge in [0.25, 0.3) is 11.9 Å². The molecule has 0 bridgehead atoms. The quantitative estimate of drug-likeness (QED) is 0.725. The molecule has 3 N–H and O–H groups in total. The Hall–Kier alpha value is -2.72. The highest BCUT2D eigenvalue weighted by Crippen LogP contribution is 2.15. The number of nitrogens with one attached hydrogen (secondary N) is 1. The molecule has 0 saturated carbocycles. The number of hydrogen-bond acceptors (Lipinski definition) is 6. The van der Waals surface area contributed by atoms with Crippen molar-refractivity contribution in [3.05, 3.63) is 24.9 Å². The molecular formula is C16H25N5O5. The van der Waals surface area contributed by atoms with Crippen LogP contribution in [0.25, 0.3) is 11.5 Å². The number of morpholine rings is 1. The fourth-order valence-electron chi connectivity index (χ4n) is 2.28. The number of carboxylic acids is 2. The molecule has 10 nitrogen and oxygen atoms in total. The Labute approximate surface area is 151 Å². The molecular weight excluding hydrogens is 342 g/mol. The molecule has 3 rings (SSSR count). The van der Waals surface area contributed by atoms with Crippen LogP contribution in [0.1, 0.15) is 13.8 Å². The third-order valence-corrected chi connectivity index (χ3v) is 3.20. The van der Waals surface area contributed by atoms with Crippen LogP contribution in [-0.2, 0) is 20.9 Å². The summed E-state index contributed by atoms with van der Waals surface area (Å²) in [5.41, 5.74) is 0.934. The minimum absolute atomic E-state index is 0.222. The van der Waals surface area contributed by atoms with Crippen molar-refractivity contribution in [1.29, 1.82) is 0 Å². The highest BCUT2D eigenvalue weighted by Gasteiger charge is 2.19. The number of aromatic amines is 1. The van der Waals surface area contributed by atoms with Gasteiger partial charge in [0, 0.05) is 39.3 Å². The molecule has 144 valence electrons. The number of carboxylic acid groups (broad SMARTS) is 2. The lowest BCUT2D eigenvalue weighted by atomic mass is 10.2. The van der Waals surface area contributed by atoms with Crippen molar-refractivity contribution in [1.82, 2.24) is 24.4 Å². The average molecular weight is 367 g/mol.